The summed E-state index contributed by atoms with van der Waals surface area (Å²) in [6, 6.07) is 4.00. The van der Waals surface area contributed by atoms with E-state index in [0.717, 1.165) is 61.0 Å². The molecule has 1 fully saturated rings. The minimum absolute atomic E-state index is 0. The molecule has 1 aromatic carbocycles. The van der Waals surface area contributed by atoms with Crippen molar-refractivity contribution in [2.45, 2.75) is 36.8 Å². The summed E-state index contributed by atoms with van der Waals surface area (Å²) in [5.41, 5.74) is 2.87. The first-order chi connectivity index (χ1) is 12.5. The number of H-pyrrole nitrogens is 1. The summed E-state index contributed by atoms with van der Waals surface area (Å²) in [6.07, 6.45) is 0.415. The maximum Gasteiger partial charge on any atom is 0.166 e. The van der Waals surface area contributed by atoms with Crippen molar-refractivity contribution in [1.82, 2.24) is 14.9 Å². The van der Waals surface area contributed by atoms with Crippen LogP contribution < -0.4 is 4.90 Å². The lowest BCUT2D eigenvalue weighted by atomic mass is 10.2. The van der Waals surface area contributed by atoms with E-state index in [9.17, 15) is 5.11 Å². The van der Waals surface area contributed by atoms with Crippen molar-refractivity contribution in [3.63, 3.8) is 0 Å². The van der Waals surface area contributed by atoms with Crippen LogP contribution in [0.2, 0.25) is 5.02 Å². The maximum atomic E-state index is 9.53. The third-order valence-corrected chi connectivity index (χ3v) is 5.96. The molecule has 2 aromatic rings. The number of rotatable bonds is 7. The van der Waals surface area contributed by atoms with Gasteiger partial charge in [0.2, 0.25) is 0 Å². The molecular formula is C18H29Cl3N4O2S. The number of imidazole rings is 1. The van der Waals surface area contributed by atoms with Gasteiger partial charge >= 0.3 is 0 Å². The van der Waals surface area contributed by atoms with E-state index < -0.39 is 0 Å². The van der Waals surface area contributed by atoms with Crippen LogP contribution in [0.3, 0.4) is 0 Å². The molecule has 0 amide bonds. The van der Waals surface area contributed by atoms with E-state index in [-0.39, 0.29) is 42.8 Å². The molecule has 0 saturated carbocycles. The van der Waals surface area contributed by atoms with E-state index in [2.05, 4.69) is 32.8 Å². The number of β-amino-alcohol motifs (C(OH)–C–C–N with tert-alkyl or cyclic N) is 1. The van der Waals surface area contributed by atoms with Crippen LogP contribution in [0.15, 0.2) is 17.3 Å². The van der Waals surface area contributed by atoms with Gasteiger partial charge in [0.25, 0.3) is 0 Å². The molecule has 0 aliphatic carbocycles. The molecule has 0 bridgehead atoms. The predicted octanol–water partition coefficient (Wildman–Crippen LogP) is 3.43. The fourth-order valence-electron chi connectivity index (χ4n) is 3.37. The van der Waals surface area contributed by atoms with Crippen LogP contribution in [0.1, 0.15) is 20.3 Å². The molecule has 6 nitrogen and oxygen atoms in total. The van der Waals surface area contributed by atoms with Gasteiger partial charge in [0.1, 0.15) is 0 Å². The van der Waals surface area contributed by atoms with Crippen molar-refractivity contribution < 1.29 is 10.2 Å². The van der Waals surface area contributed by atoms with Crippen molar-refractivity contribution >= 4 is 64.9 Å². The molecule has 1 aromatic heterocycles. The van der Waals surface area contributed by atoms with Crippen LogP contribution >= 0.6 is 48.2 Å². The highest BCUT2D eigenvalue weighted by Crippen LogP contribution is 2.33. The summed E-state index contributed by atoms with van der Waals surface area (Å²) >= 11 is 8.17. The van der Waals surface area contributed by atoms with Crippen molar-refractivity contribution in [2.24, 2.45) is 0 Å². The highest BCUT2D eigenvalue weighted by molar-refractivity contribution is 7.99. The number of aliphatic hydroxyl groups is 2. The van der Waals surface area contributed by atoms with Crippen LogP contribution in [-0.4, -0.2) is 75.8 Å². The minimum atomic E-state index is -0.313. The SMILES string of the molecule is C[C@H](O)C[C@@H](C)Sc1nc2cc(Cl)c(N3CCN(CCO)CC3)cc2[nH]1.Cl.Cl. The summed E-state index contributed by atoms with van der Waals surface area (Å²) < 4.78 is 0. The molecule has 0 unspecified atom stereocenters. The largest absolute Gasteiger partial charge is 0.395 e. The van der Waals surface area contributed by atoms with Gasteiger partial charge < -0.3 is 20.1 Å². The molecule has 2 heterocycles. The van der Waals surface area contributed by atoms with Gasteiger partial charge in [-0.1, -0.05) is 30.3 Å². The Hall–Kier alpha value is -0.410. The lowest BCUT2D eigenvalue weighted by molar-refractivity contribution is 0.185. The first kappa shape index (κ1) is 25.6. The number of aromatic amines is 1. The Morgan fingerprint density at radius 3 is 2.50 bits per heavy atom. The number of piperazine rings is 1. The number of aliphatic hydroxyl groups excluding tert-OH is 2. The van der Waals surface area contributed by atoms with E-state index in [1.54, 1.807) is 11.8 Å². The van der Waals surface area contributed by atoms with E-state index >= 15 is 0 Å². The Balaban J connectivity index is 0.00000196. The van der Waals surface area contributed by atoms with E-state index in [1.807, 2.05) is 13.0 Å². The molecule has 3 rings (SSSR count). The van der Waals surface area contributed by atoms with Crippen molar-refractivity contribution in [3.05, 3.63) is 17.2 Å². The van der Waals surface area contributed by atoms with Gasteiger partial charge in [0.15, 0.2) is 5.16 Å². The van der Waals surface area contributed by atoms with Crippen LogP contribution in [0, 0.1) is 0 Å². The fourth-order valence-corrected chi connectivity index (χ4v) is 4.72. The summed E-state index contributed by atoms with van der Waals surface area (Å²) in [7, 11) is 0. The Labute approximate surface area is 187 Å². The molecule has 2 atom stereocenters. The van der Waals surface area contributed by atoms with Gasteiger partial charge in [-0.05, 0) is 25.5 Å². The molecule has 160 valence electrons. The Morgan fingerprint density at radius 1 is 1.21 bits per heavy atom. The highest BCUT2D eigenvalue weighted by atomic mass is 35.5. The van der Waals surface area contributed by atoms with Gasteiger partial charge in [0.05, 0.1) is 34.5 Å². The number of nitrogens with zero attached hydrogens (tertiary/aromatic N) is 3. The normalized spacial score (nSPS) is 17.1. The monoisotopic (exact) mass is 470 g/mol. The van der Waals surface area contributed by atoms with Crippen LogP contribution in [-0.2, 0) is 0 Å². The summed E-state index contributed by atoms with van der Waals surface area (Å²) in [4.78, 5) is 12.6. The second-order valence-electron chi connectivity index (χ2n) is 6.93. The van der Waals surface area contributed by atoms with E-state index in [4.69, 9.17) is 16.7 Å². The molecule has 0 spiro atoms. The molecule has 1 aliphatic heterocycles. The third kappa shape index (κ3) is 6.55. The number of benzene rings is 1. The number of nitrogens with one attached hydrogen (secondary N) is 1. The number of fused-ring (bicyclic) bond motifs is 1. The molecule has 3 N–H and O–H groups in total. The zero-order chi connectivity index (χ0) is 18.7. The van der Waals surface area contributed by atoms with Gasteiger partial charge in [-0.15, -0.1) is 24.8 Å². The molecule has 10 heteroatoms. The van der Waals surface area contributed by atoms with Crippen molar-refractivity contribution in [3.8, 4) is 0 Å². The van der Waals surface area contributed by atoms with E-state index in [1.165, 1.54) is 0 Å². The second kappa shape index (κ2) is 11.7. The molecule has 28 heavy (non-hydrogen) atoms. The number of anilines is 1. The average molecular weight is 472 g/mol. The molecule has 0 radical (unpaired) electrons. The minimum Gasteiger partial charge on any atom is -0.395 e. The number of halogens is 3. The quantitative estimate of drug-likeness (QED) is 0.537. The summed E-state index contributed by atoms with van der Waals surface area (Å²) in [5.74, 6) is 0. The fraction of sp³-hybridized carbons (Fsp3) is 0.611. The van der Waals surface area contributed by atoms with Crippen molar-refractivity contribution in [2.75, 3.05) is 44.2 Å². The van der Waals surface area contributed by atoms with Gasteiger partial charge in [0, 0.05) is 38.0 Å². The number of hydrogen-bond acceptors (Lipinski definition) is 6. The molecular weight excluding hydrogens is 443 g/mol. The Kier molecular flexibility index (Phi) is 10.7. The molecule has 1 saturated heterocycles. The maximum absolute atomic E-state index is 9.53. The topological polar surface area (TPSA) is 75.6 Å². The molecule has 1 aliphatic rings. The lowest BCUT2D eigenvalue weighted by Gasteiger charge is -2.36. The van der Waals surface area contributed by atoms with Crippen LogP contribution in [0.5, 0.6) is 0 Å². The standard InChI is InChI=1S/C18H27ClN4O2S.2ClH/c1-12(25)9-13(2)26-18-20-15-10-14(19)17(11-16(15)21-18)23-5-3-22(4-6-23)7-8-24;;/h10-13,24-25H,3-9H2,1-2H3,(H,20,21);2*1H/t12-,13+;;/m0../s1. The lowest BCUT2D eigenvalue weighted by Crippen LogP contribution is -2.47. The zero-order valence-corrected chi connectivity index (χ0v) is 19.3. The third-order valence-electron chi connectivity index (χ3n) is 4.64. The summed E-state index contributed by atoms with van der Waals surface area (Å²) in [6.45, 7) is 8.47. The number of aromatic nitrogens is 2. The van der Waals surface area contributed by atoms with Crippen molar-refractivity contribution in [1.29, 1.82) is 0 Å². The second-order valence-corrected chi connectivity index (χ2v) is 8.76. The van der Waals surface area contributed by atoms with Crippen LogP contribution in [0.4, 0.5) is 5.69 Å². The van der Waals surface area contributed by atoms with Gasteiger partial charge in [-0.3, -0.25) is 4.90 Å². The van der Waals surface area contributed by atoms with Crippen LogP contribution in [0.25, 0.3) is 11.0 Å². The first-order valence-electron chi connectivity index (χ1n) is 9.08. The Bertz CT molecular complexity index is 739. The average Bonchev–Trinajstić information content (AvgIpc) is 2.95. The van der Waals surface area contributed by atoms with Gasteiger partial charge in [-0.25, -0.2) is 4.98 Å². The smallest absolute Gasteiger partial charge is 0.166 e. The zero-order valence-electron chi connectivity index (χ0n) is 16.1. The summed E-state index contributed by atoms with van der Waals surface area (Å²) in [5, 5.41) is 20.5. The van der Waals surface area contributed by atoms with E-state index in [0.29, 0.717) is 5.02 Å². The first-order valence-corrected chi connectivity index (χ1v) is 10.3. The Morgan fingerprint density at radius 2 is 1.89 bits per heavy atom. The number of thioether (sulfide) groups is 1. The van der Waals surface area contributed by atoms with Gasteiger partial charge in [-0.2, -0.15) is 0 Å². The predicted molar refractivity (Wildman–Crippen MR) is 123 cm³/mol. The number of hydrogen-bond donors (Lipinski definition) is 3. The highest BCUT2D eigenvalue weighted by Gasteiger charge is 2.20.